The molecular formula is C39H70. The number of rotatable bonds is 17. The minimum atomic E-state index is 0.530. The van der Waals surface area contributed by atoms with Crippen LogP contribution in [0.1, 0.15) is 171 Å². The zero-order valence-corrected chi connectivity index (χ0v) is 28.1. The Labute approximate surface area is 247 Å². The van der Waals surface area contributed by atoms with Gasteiger partial charge >= 0.3 is 0 Å². The summed E-state index contributed by atoms with van der Waals surface area (Å²) in [5, 5.41) is 0. The minimum Gasteiger partial charge on any atom is -0.0999 e. The van der Waals surface area contributed by atoms with Crippen molar-refractivity contribution in [2.45, 2.75) is 171 Å². The van der Waals surface area contributed by atoms with Crippen LogP contribution < -0.4 is 0 Å². The molecule has 0 spiro atoms. The Morgan fingerprint density at radius 3 is 1.95 bits per heavy atom. The molecule has 0 aliphatic heterocycles. The second-order valence-corrected chi connectivity index (χ2v) is 15.8. The van der Waals surface area contributed by atoms with E-state index >= 15 is 0 Å². The molecular weight excluding hydrogens is 468 g/mol. The predicted octanol–water partition coefficient (Wildman–Crippen LogP) is 13.3. The third-order valence-electron chi connectivity index (χ3n) is 11.3. The zero-order chi connectivity index (χ0) is 28.9. The number of allylic oxidation sites excluding steroid dienone is 5. The highest BCUT2D eigenvalue weighted by Gasteiger charge is 2.37. The maximum Gasteiger partial charge on any atom is -0.0167 e. The second-order valence-electron chi connectivity index (χ2n) is 15.8. The van der Waals surface area contributed by atoms with Gasteiger partial charge in [0.25, 0.3) is 0 Å². The van der Waals surface area contributed by atoms with Crippen LogP contribution in [-0.2, 0) is 0 Å². The van der Waals surface area contributed by atoms with E-state index in [4.69, 9.17) is 0 Å². The molecule has 39 heavy (non-hydrogen) atoms. The van der Waals surface area contributed by atoms with Crippen LogP contribution in [0.3, 0.4) is 0 Å². The number of hydrogen-bond donors (Lipinski definition) is 0. The van der Waals surface area contributed by atoms with Crippen molar-refractivity contribution in [1.29, 1.82) is 0 Å². The maximum absolute atomic E-state index is 4.46. The molecule has 0 nitrogen and oxygen atoms in total. The van der Waals surface area contributed by atoms with Gasteiger partial charge in [-0.3, -0.25) is 0 Å². The fourth-order valence-electron chi connectivity index (χ4n) is 8.48. The van der Waals surface area contributed by atoms with Gasteiger partial charge in [0.05, 0.1) is 0 Å². The summed E-state index contributed by atoms with van der Waals surface area (Å²) in [6, 6.07) is 0. The lowest BCUT2D eigenvalue weighted by molar-refractivity contribution is 0.0765. The molecule has 0 aromatic heterocycles. The van der Waals surface area contributed by atoms with Crippen LogP contribution in [-0.4, -0.2) is 0 Å². The number of hydrogen-bond acceptors (Lipinski definition) is 0. The summed E-state index contributed by atoms with van der Waals surface area (Å²) in [6.45, 7) is 24.3. The quantitative estimate of drug-likeness (QED) is 0.128. The molecule has 2 aliphatic carbocycles. The maximum atomic E-state index is 4.46. The number of unbranched alkanes of at least 4 members (excludes halogenated alkanes) is 2. The monoisotopic (exact) mass is 539 g/mol. The first-order chi connectivity index (χ1) is 18.4. The minimum absolute atomic E-state index is 0.530. The molecule has 0 aromatic rings. The predicted molar refractivity (Wildman–Crippen MR) is 177 cm³/mol. The lowest BCUT2D eigenvalue weighted by Gasteiger charge is -2.43. The smallest absolute Gasteiger partial charge is 0.0167 e. The highest BCUT2D eigenvalue weighted by molar-refractivity contribution is 5.03. The lowest BCUT2D eigenvalue weighted by Crippen LogP contribution is -2.33. The Kier molecular flexibility index (Phi) is 15.2. The van der Waals surface area contributed by atoms with E-state index in [2.05, 4.69) is 80.2 Å². The van der Waals surface area contributed by atoms with Crippen molar-refractivity contribution in [3.05, 3.63) is 36.0 Å². The van der Waals surface area contributed by atoms with Gasteiger partial charge in [0, 0.05) is 0 Å². The van der Waals surface area contributed by atoms with Crippen LogP contribution >= 0.6 is 0 Å². The van der Waals surface area contributed by atoms with E-state index in [1.54, 1.807) is 5.57 Å². The van der Waals surface area contributed by atoms with E-state index in [1.807, 2.05) is 0 Å². The van der Waals surface area contributed by atoms with Gasteiger partial charge in [0.1, 0.15) is 0 Å². The van der Waals surface area contributed by atoms with Crippen LogP contribution in [0.5, 0.6) is 0 Å². The molecule has 0 unspecified atom stereocenters. The van der Waals surface area contributed by atoms with Crippen molar-refractivity contribution < 1.29 is 0 Å². The molecule has 0 heteroatoms. The van der Waals surface area contributed by atoms with E-state index < -0.39 is 0 Å². The Morgan fingerprint density at radius 1 is 0.795 bits per heavy atom. The van der Waals surface area contributed by atoms with Crippen LogP contribution in [0, 0.1) is 40.4 Å². The van der Waals surface area contributed by atoms with Crippen molar-refractivity contribution in [2.24, 2.45) is 40.4 Å². The highest BCUT2D eigenvalue weighted by atomic mass is 14.4. The van der Waals surface area contributed by atoms with Gasteiger partial charge in [0.2, 0.25) is 0 Å². The molecule has 2 saturated carbocycles. The third-order valence-corrected chi connectivity index (χ3v) is 11.3. The van der Waals surface area contributed by atoms with E-state index in [9.17, 15) is 0 Å². The molecule has 0 radical (unpaired) electrons. The van der Waals surface area contributed by atoms with Gasteiger partial charge in [-0.15, -0.1) is 0 Å². The molecule has 0 amide bonds. The molecule has 2 rings (SSSR count). The van der Waals surface area contributed by atoms with Crippen molar-refractivity contribution >= 4 is 0 Å². The standard InChI is InChI=1S/C39H70/c1-31(21-16-22-33(3)26-28-37-35(5)24-18-30-39(37,8)9)19-14-12-10-11-13-15-20-32(2)25-27-36-34(4)23-17-29-38(36,6)7/h11,13,20,31,34-37H,3,10,12,14-19,21-30H2,1-2,4-9H3/b13-11+,32-20+/t31-,34-,35-,36-,37-/m1/s1. The van der Waals surface area contributed by atoms with Gasteiger partial charge in [-0.05, 0) is 118 Å². The normalized spacial score (nSPS) is 28.1. The van der Waals surface area contributed by atoms with Crippen LogP contribution in [0.25, 0.3) is 0 Å². The molecule has 226 valence electrons. The molecule has 0 heterocycles. The van der Waals surface area contributed by atoms with E-state index in [-0.39, 0.29) is 0 Å². The Balaban J connectivity index is 1.49. The average Bonchev–Trinajstić information content (AvgIpc) is 2.84. The summed E-state index contributed by atoms with van der Waals surface area (Å²) < 4.78 is 0. The van der Waals surface area contributed by atoms with Crippen molar-refractivity contribution in [3.8, 4) is 0 Å². The van der Waals surface area contributed by atoms with Crippen molar-refractivity contribution in [3.63, 3.8) is 0 Å². The van der Waals surface area contributed by atoms with Gasteiger partial charge in [-0.1, -0.05) is 129 Å². The van der Waals surface area contributed by atoms with Crippen LogP contribution in [0.4, 0.5) is 0 Å². The summed E-state index contributed by atoms with van der Waals surface area (Å²) in [4.78, 5) is 0. The molecule has 0 N–H and O–H groups in total. The summed E-state index contributed by atoms with van der Waals surface area (Å²) in [5.74, 6) is 4.44. The molecule has 0 aromatic carbocycles. The molecule has 2 fully saturated rings. The first-order valence-electron chi connectivity index (χ1n) is 17.4. The SMILES string of the molecule is C=C(CCC[C@H](C)CCCC/C=C/C/C=C(\C)CC[C@@H]1[C@H](C)CCCC1(C)C)CC[C@@H]1[C@H](C)CCCC1(C)C. The van der Waals surface area contributed by atoms with E-state index in [0.29, 0.717) is 10.8 Å². The molecule has 0 bridgehead atoms. The largest absolute Gasteiger partial charge is 0.0999 e. The van der Waals surface area contributed by atoms with E-state index in [1.165, 1.54) is 115 Å². The Morgan fingerprint density at radius 2 is 1.36 bits per heavy atom. The van der Waals surface area contributed by atoms with Gasteiger partial charge in [0.15, 0.2) is 0 Å². The van der Waals surface area contributed by atoms with Gasteiger partial charge in [-0.2, -0.15) is 0 Å². The van der Waals surface area contributed by atoms with Crippen molar-refractivity contribution in [2.75, 3.05) is 0 Å². The highest BCUT2D eigenvalue weighted by Crippen LogP contribution is 2.47. The molecule has 0 saturated heterocycles. The first-order valence-corrected chi connectivity index (χ1v) is 17.4. The van der Waals surface area contributed by atoms with Crippen molar-refractivity contribution in [1.82, 2.24) is 0 Å². The Hall–Kier alpha value is -0.780. The fourth-order valence-corrected chi connectivity index (χ4v) is 8.48. The third kappa shape index (κ3) is 12.7. The van der Waals surface area contributed by atoms with E-state index in [0.717, 1.165) is 36.0 Å². The summed E-state index contributed by atoms with van der Waals surface area (Å²) in [5.41, 5.74) is 4.17. The second kappa shape index (κ2) is 17.2. The topological polar surface area (TPSA) is 0 Å². The summed E-state index contributed by atoms with van der Waals surface area (Å²) >= 11 is 0. The van der Waals surface area contributed by atoms with Gasteiger partial charge < -0.3 is 0 Å². The first kappa shape index (κ1) is 34.4. The fraction of sp³-hybridized carbons (Fsp3) is 0.846. The zero-order valence-electron chi connectivity index (χ0n) is 28.1. The van der Waals surface area contributed by atoms with Crippen LogP contribution in [0.15, 0.2) is 36.0 Å². The average molecular weight is 539 g/mol. The molecule has 2 aliphatic rings. The Bertz CT molecular complexity index is 746. The van der Waals surface area contributed by atoms with Crippen LogP contribution in [0.2, 0.25) is 0 Å². The van der Waals surface area contributed by atoms with Gasteiger partial charge in [-0.25, -0.2) is 0 Å². The summed E-state index contributed by atoms with van der Waals surface area (Å²) in [6.07, 6.45) is 31.6. The lowest BCUT2D eigenvalue weighted by atomic mass is 9.62. The molecule has 5 atom stereocenters. The summed E-state index contributed by atoms with van der Waals surface area (Å²) in [7, 11) is 0.